The number of aromatic nitrogens is 3. The summed E-state index contributed by atoms with van der Waals surface area (Å²) in [6.07, 6.45) is 1.01. The summed E-state index contributed by atoms with van der Waals surface area (Å²) in [5.41, 5.74) is 0.762. The van der Waals surface area contributed by atoms with Gasteiger partial charge >= 0.3 is 5.97 Å². The molecule has 0 aliphatic rings. The Morgan fingerprint density at radius 1 is 1.42 bits per heavy atom. The lowest BCUT2D eigenvalue weighted by molar-refractivity contribution is -0.385. The zero-order valence-electron chi connectivity index (χ0n) is 10.2. The average Bonchev–Trinajstić information content (AvgIpc) is 2.67. The molecular formula is C11H10N4O4. The topological polar surface area (TPSA) is 111 Å². The van der Waals surface area contributed by atoms with Crippen LogP contribution in [0.4, 0.5) is 5.69 Å². The minimum atomic E-state index is -1.29. The molecule has 2 aromatic heterocycles. The van der Waals surface area contributed by atoms with Gasteiger partial charge in [0.2, 0.25) is 0 Å². The van der Waals surface area contributed by atoms with Gasteiger partial charge in [-0.15, -0.1) is 0 Å². The van der Waals surface area contributed by atoms with Crippen molar-refractivity contribution in [2.45, 2.75) is 13.8 Å². The van der Waals surface area contributed by atoms with Gasteiger partial charge in [-0.25, -0.2) is 14.5 Å². The number of hydrogen-bond donors (Lipinski definition) is 1. The third kappa shape index (κ3) is 2.28. The summed E-state index contributed by atoms with van der Waals surface area (Å²) in [5.74, 6) is -1.23. The molecule has 0 saturated carbocycles. The summed E-state index contributed by atoms with van der Waals surface area (Å²) in [4.78, 5) is 25.0. The highest BCUT2D eigenvalue weighted by molar-refractivity contribution is 5.91. The second kappa shape index (κ2) is 4.48. The Morgan fingerprint density at radius 3 is 2.58 bits per heavy atom. The van der Waals surface area contributed by atoms with Crippen molar-refractivity contribution in [1.82, 2.24) is 14.8 Å². The van der Waals surface area contributed by atoms with Gasteiger partial charge in [0.05, 0.1) is 10.6 Å². The highest BCUT2D eigenvalue weighted by Crippen LogP contribution is 2.19. The minimum absolute atomic E-state index is 0.0590. The number of aromatic carboxylic acids is 1. The number of carboxylic acids is 1. The van der Waals surface area contributed by atoms with Crippen molar-refractivity contribution in [2.75, 3.05) is 0 Å². The molecule has 2 heterocycles. The van der Waals surface area contributed by atoms with Crippen molar-refractivity contribution < 1.29 is 14.8 Å². The van der Waals surface area contributed by atoms with E-state index in [1.807, 2.05) is 0 Å². The van der Waals surface area contributed by atoms with Crippen LogP contribution in [0.2, 0.25) is 0 Å². The first-order chi connectivity index (χ1) is 8.90. The summed E-state index contributed by atoms with van der Waals surface area (Å²) < 4.78 is 1.35. The van der Waals surface area contributed by atoms with Gasteiger partial charge in [-0.2, -0.15) is 5.10 Å². The second-order valence-electron chi connectivity index (χ2n) is 3.97. The minimum Gasteiger partial charge on any atom is -0.478 e. The Hall–Kier alpha value is -2.77. The highest BCUT2D eigenvalue weighted by Gasteiger charge is 2.20. The summed E-state index contributed by atoms with van der Waals surface area (Å²) in [6.45, 7) is 3.50. The Kier molecular flexibility index (Phi) is 2.99. The summed E-state index contributed by atoms with van der Waals surface area (Å²) in [6, 6.07) is 2.73. The average molecular weight is 262 g/mol. The van der Waals surface area contributed by atoms with Crippen LogP contribution >= 0.6 is 0 Å². The number of rotatable bonds is 3. The number of pyridine rings is 1. The molecule has 0 bridgehead atoms. The lowest BCUT2D eigenvalue weighted by atomic mass is 10.2. The van der Waals surface area contributed by atoms with Crippen LogP contribution in [0.15, 0.2) is 18.3 Å². The zero-order valence-corrected chi connectivity index (χ0v) is 10.2. The smallest absolute Gasteiger partial charge is 0.339 e. The van der Waals surface area contributed by atoms with E-state index in [1.165, 1.54) is 4.68 Å². The molecule has 1 N–H and O–H groups in total. The van der Waals surface area contributed by atoms with E-state index >= 15 is 0 Å². The van der Waals surface area contributed by atoms with Gasteiger partial charge in [-0.05, 0) is 19.9 Å². The molecule has 8 heteroatoms. The van der Waals surface area contributed by atoms with Crippen LogP contribution in [0.25, 0.3) is 5.82 Å². The van der Waals surface area contributed by atoms with Crippen molar-refractivity contribution >= 4 is 11.7 Å². The Bertz CT molecular complexity index is 677. The Morgan fingerprint density at radius 2 is 2.11 bits per heavy atom. The molecule has 8 nitrogen and oxygen atoms in total. The number of nitrogens with zero attached hydrogens (tertiary/aromatic N) is 4. The van der Waals surface area contributed by atoms with Gasteiger partial charge in [-0.3, -0.25) is 10.1 Å². The molecular weight excluding hydrogens is 252 g/mol. The van der Waals surface area contributed by atoms with E-state index < -0.39 is 10.9 Å². The Balaban J connectivity index is 2.66. The molecule has 98 valence electrons. The predicted molar refractivity (Wildman–Crippen MR) is 64.4 cm³/mol. The van der Waals surface area contributed by atoms with Gasteiger partial charge < -0.3 is 5.11 Å². The van der Waals surface area contributed by atoms with E-state index in [0.29, 0.717) is 11.4 Å². The van der Waals surface area contributed by atoms with E-state index in [0.717, 1.165) is 12.3 Å². The van der Waals surface area contributed by atoms with Gasteiger partial charge in [0.15, 0.2) is 5.82 Å². The molecule has 0 aromatic carbocycles. The van der Waals surface area contributed by atoms with Gasteiger partial charge in [-0.1, -0.05) is 0 Å². The maximum absolute atomic E-state index is 11.2. The lowest BCUT2D eigenvalue weighted by Crippen LogP contribution is -2.11. The molecule has 0 atom stereocenters. The summed E-state index contributed by atoms with van der Waals surface area (Å²) in [7, 11) is 0. The number of nitro groups is 1. The largest absolute Gasteiger partial charge is 0.478 e. The van der Waals surface area contributed by atoms with Crippen LogP contribution in [0, 0.1) is 24.0 Å². The molecule has 0 fully saturated rings. The fraction of sp³-hybridized carbons (Fsp3) is 0.182. The fourth-order valence-corrected chi connectivity index (χ4v) is 1.72. The summed E-state index contributed by atoms with van der Waals surface area (Å²) >= 11 is 0. The molecule has 0 radical (unpaired) electrons. The van der Waals surface area contributed by atoms with E-state index in [2.05, 4.69) is 10.1 Å². The van der Waals surface area contributed by atoms with Crippen molar-refractivity contribution in [3.63, 3.8) is 0 Å². The third-order valence-corrected chi connectivity index (χ3v) is 2.50. The monoisotopic (exact) mass is 262 g/mol. The van der Waals surface area contributed by atoms with Crippen LogP contribution < -0.4 is 0 Å². The molecule has 2 aromatic rings. The normalized spacial score (nSPS) is 10.4. The lowest BCUT2D eigenvalue weighted by Gasteiger charge is -2.06. The maximum Gasteiger partial charge on any atom is 0.339 e. The second-order valence-corrected chi connectivity index (χ2v) is 3.97. The standard InChI is InChI=1S/C11H10N4O4/c1-6-3-7(2)14(13-6)10-9(11(16)17)4-8(5-12-10)15(18)19/h3-5H,1-2H3,(H,16,17). The zero-order chi connectivity index (χ0) is 14.2. The fourth-order valence-electron chi connectivity index (χ4n) is 1.72. The van der Waals surface area contributed by atoms with E-state index in [9.17, 15) is 14.9 Å². The summed E-state index contributed by atoms with van der Waals surface area (Å²) in [5, 5.41) is 23.9. The molecule has 0 amide bonds. The van der Waals surface area contributed by atoms with Crippen molar-refractivity contribution in [3.8, 4) is 5.82 Å². The predicted octanol–water partition coefficient (Wildman–Crippen LogP) is 1.49. The van der Waals surface area contributed by atoms with Crippen molar-refractivity contribution in [1.29, 1.82) is 0 Å². The Labute approximate surface area is 107 Å². The van der Waals surface area contributed by atoms with Crippen LogP contribution in [0.5, 0.6) is 0 Å². The molecule has 19 heavy (non-hydrogen) atoms. The number of aryl methyl sites for hydroxylation is 2. The van der Waals surface area contributed by atoms with Gasteiger partial charge in [0.25, 0.3) is 5.69 Å². The van der Waals surface area contributed by atoms with Crippen LogP contribution in [-0.4, -0.2) is 30.8 Å². The molecule has 0 aliphatic heterocycles. The third-order valence-electron chi connectivity index (χ3n) is 2.50. The molecule has 2 rings (SSSR count). The van der Waals surface area contributed by atoms with Gasteiger partial charge in [0.1, 0.15) is 11.8 Å². The van der Waals surface area contributed by atoms with Crippen LogP contribution in [0.1, 0.15) is 21.7 Å². The maximum atomic E-state index is 11.2. The SMILES string of the molecule is Cc1cc(C)n(-c2ncc([N+](=O)[O-])cc2C(=O)O)n1. The van der Waals surface area contributed by atoms with Crippen molar-refractivity contribution in [2.24, 2.45) is 0 Å². The molecule has 0 spiro atoms. The number of hydrogen-bond acceptors (Lipinski definition) is 5. The van der Waals surface area contributed by atoms with E-state index in [-0.39, 0.29) is 17.1 Å². The van der Waals surface area contributed by atoms with Crippen LogP contribution in [-0.2, 0) is 0 Å². The van der Waals surface area contributed by atoms with Crippen LogP contribution in [0.3, 0.4) is 0 Å². The molecule has 0 unspecified atom stereocenters. The number of carboxylic acid groups (broad SMARTS) is 1. The first-order valence-electron chi connectivity index (χ1n) is 5.31. The van der Waals surface area contributed by atoms with E-state index in [1.54, 1.807) is 19.9 Å². The first-order valence-corrected chi connectivity index (χ1v) is 5.31. The highest BCUT2D eigenvalue weighted by atomic mass is 16.6. The van der Waals surface area contributed by atoms with Crippen molar-refractivity contribution in [3.05, 3.63) is 45.4 Å². The quantitative estimate of drug-likeness (QED) is 0.662. The molecule has 0 aliphatic carbocycles. The molecule has 0 saturated heterocycles. The number of carbonyl (C=O) groups is 1. The van der Waals surface area contributed by atoms with Gasteiger partial charge in [0, 0.05) is 11.8 Å². The first kappa shape index (κ1) is 12.7. The van der Waals surface area contributed by atoms with E-state index in [4.69, 9.17) is 5.11 Å².